The van der Waals surface area contributed by atoms with Crippen LogP contribution in [-0.4, -0.2) is 32.6 Å². The summed E-state index contributed by atoms with van der Waals surface area (Å²) in [5, 5.41) is 2.46. The number of ether oxygens (including phenoxy) is 3. The monoisotopic (exact) mass is 348 g/mol. The molecule has 0 saturated heterocycles. The van der Waals surface area contributed by atoms with Gasteiger partial charge in [0.2, 0.25) is 5.75 Å². The van der Waals surface area contributed by atoms with Crippen molar-refractivity contribution in [2.45, 2.75) is 0 Å². The van der Waals surface area contributed by atoms with Gasteiger partial charge in [0.25, 0.3) is 11.8 Å². The van der Waals surface area contributed by atoms with Crippen molar-refractivity contribution >= 4 is 17.5 Å². The maximum absolute atomic E-state index is 13.7. The second kappa shape index (κ2) is 8.00. The number of para-hydroxylation sites is 1. The highest BCUT2D eigenvalue weighted by Crippen LogP contribution is 2.38. The summed E-state index contributed by atoms with van der Waals surface area (Å²) in [5.41, 5.74) is 5.25. The summed E-state index contributed by atoms with van der Waals surface area (Å²) in [5.74, 6) is -1.34. The van der Waals surface area contributed by atoms with Crippen LogP contribution in [0.15, 0.2) is 36.4 Å². The minimum atomic E-state index is -0.675. The number of rotatable bonds is 7. The van der Waals surface area contributed by atoms with Crippen LogP contribution in [-0.2, 0) is 4.79 Å². The Morgan fingerprint density at radius 3 is 2.24 bits per heavy atom. The molecule has 8 heteroatoms. The molecule has 0 aromatic heterocycles. The molecule has 0 spiro atoms. The number of halogens is 1. The summed E-state index contributed by atoms with van der Waals surface area (Å²) in [6.07, 6.45) is 0. The van der Waals surface area contributed by atoms with E-state index >= 15 is 0 Å². The van der Waals surface area contributed by atoms with E-state index in [0.717, 1.165) is 0 Å². The van der Waals surface area contributed by atoms with E-state index in [-0.39, 0.29) is 35.1 Å². The molecule has 0 radical (unpaired) electrons. The fourth-order valence-electron chi connectivity index (χ4n) is 2.05. The van der Waals surface area contributed by atoms with E-state index < -0.39 is 17.6 Å². The predicted octanol–water partition coefficient (Wildman–Crippen LogP) is 1.96. The van der Waals surface area contributed by atoms with Gasteiger partial charge in [-0.25, -0.2) is 4.39 Å². The maximum atomic E-state index is 13.7. The van der Waals surface area contributed by atoms with Crippen LogP contribution in [0.3, 0.4) is 0 Å². The number of carbonyl (C=O) groups excluding carboxylic acids is 2. The number of hydrogen-bond acceptors (Lipinski definition) is 5. The van der Waals surface area contributed by atoms with Crippen molar-refractivity contribution in [2.24, 2.45) is 5.73 Å². The topological polar surface area (TPSA) is 99.9 Å². The van der Waals surface area contributed by atoms with Crippen LogP contribution in [0.2, 0.25) is 0 Å². The molecule has 0 fully saturated rings. The number of nitrogens with one attached hydrogen (secondary N) is 1. The predicted molar refractivity (Wildman–Crippen MR) is 88.6 cm³/mol. The Labute approximate surface area is 143 Å². The summed E-state index contributed by atoms with van der Waals surface area (Å²) in [7, 11) is 2.73. The van der Waals surface area contributed by atoms with Crippen molar-refractivity contribution < 1.29 is 28.2 Å². The normalized spacial score (nSPS) is 10.0. The van der Waals surface area contributed by atoms with E-state index in [1.807, 2.05) is 0 Å². The molecule has 0 saturated carbocycles. The van der Waals surface area contributed by atoms with Crippen LogP contribution in [0, 0.1) is 5.82 Å². The van der Waals surface area contributed by atoms with E-state index in [1.54, 1.807) is 6.07 Å². The number of methoxy groups -OCH3 is 2. The van der Waals surface area contributed by atoms with Crippen LogP contribution < -0.4 is 25.3 Å². The highest BCUT2D eigenvalue weighted by molar-refractivity contribution is 6.05. The van der Waals surface area contributed by atoms with Crippen molar-refractivity contribution in [3.05, 3.63) is 47.8 Å². The molecule has 0 aliphatic rings. The van der Waals surface area contributed by atoms with Crippen molar-refractivity contribution in [1.82, 2.24) is 0 Å². The van der Waals surface area contributed by atoms with Gasteiger partial charge in [0, 0.05) is 5.56 Å². The third kappa shape index (κ3) is 4.37. The van der Waals surface area contributed by atoms with Gasteiger partial charge in [0.1, 0.15) is 5.82 Å². The molecular weight excluding hydrogens is 331 g/mol. The van der Waals surface area contributed by atoms with Crippen molar-refractivity contribution in [3.8, 4) is 17.2 Å². The Kier molecular flexibility index (Phi) is 5.78. The van der Waals surface area contributed by atoms with Crippen LogP contribution in [0.5, 0.6) is 17.2 Å². The lowest BCUT2D eigenvalue weighted by Crippen LogP contribution is -2.20. The number of primary amides is 1. The number of nitrogens with two attached hydrogens (primary N) is 1. The molecule has 3 N–H and O–H groups in total. The second-order valence-electron chi connectivity index (χ2n) is 4.90. The zero-order valence-electron chi connectivity index (χ0n) is 13.7. The smallest absolute Gasteiger partial charge is 0.256 e. The number of carbonyl (C=O) groups is 2. The van der Waals surface area contributed by atoms with Gasteiger partial charge in [-0.2, -0.15) is 0 Å². The van der Waals surface area contributed by atoms with Crippen LogP contribution >= 0.6 is 0 Å². The first-order chi connectivity index (χ1) is 12.0. The maximum Gasteiger partial charge on any atom is 0.256 e. The van der Waals surface area contributed by atoms with Gasteiger partial charge in [0.15, 0.2) is 18.1 Å². The highest BCUT2D eigenvalue weighted by atomic mass is 19.1. The molecule has 2 amide bonds. The zero-order chi connectivity index (χ0) is 18.4. The summed E-state index contributed by atoms with van der Waals surface area (Å²) in [6, 6.07) is 8.55. The Hall–Kier alpha value is -3.29. The molecule has 132 valence electrons. The van der Waals surface area contributed by atoms with E-state index in [9.17, 15) is 14.0 Å². The van der Waals surface area contributed by atoms with Gasteiger partial charge in [-0.3, -0.25) is 9.59 Å². The lowest BCUT2D eigenvalue weighted by molar-refractivity contribution is -0.120. The Morgan fingerprint density at radius 1 is 1.12 bits per heavy atom. The van der Waals surface area contributed by atoms with Crippen LogP contribution in [0.25, 0.3) is 0 Å². The average molecular weight is 348 g/mol. The van der Waals surface area contributed by atoms with E-state index in [1.165, 1.54) is 44.6 Å². The number of anilines is 1. The zero-order valence-corrected chi connectivity index (χ0v) is 13.7. The Morgan fingerprint density at radius 2 is 1.72 bits per heavy atom. The summed E-state index contributed by atoms with van der Waals surface area (Å²) < 4.78 is 29.3. The first-order valence-electron chi connectivity index (χ1n) is 7.19. The SMILES string of the molecule is COc1cc(C(=O)Nc2ccccc2F)cc(OC)c1OCC(N)=O. The van der Waals surface area contributed by atoms with Gasteiger partial charge < -0.3 is 25.3 Å². The average Bonchev–Trinajstić information content (AvgIpc) is 2.60. The molecule has 0 aliphatic carbocycles. The molecule has 0 unspecified atom stereocenters. The van der Waals surface area contributed by atoms with Crippen molar-refractivity contribution in [2.75, 3.05) is 26.1 Å². The molecule has 0 heterocycles. The molecular formula is C17H17FN2O5. The second-order valence-corrected chi connectivity index (χ2v) is 4.90. The van der Waals surface area contributed by atoms with E-state index in [2.05, 4.69) is 5.32 Å². The van der Waals surface area contributed by atoms with Gasteiger partial charge >= 0.3 is 0 Å². The Balaban J connectivity index is 2.33. The first-order valence-corrected chi connectivity index (χ1v) is 7.19. The standard InChI is InChI=1S/C17H17FN2O5/c1-23-13-7-10(8-14(24-2)16(13)25-9-15(19)21)17(22)20-12-6-4-3-5-11(12)18/h3-8H,9H2,1-2H3,(H2,19,21)(H,20,22). The van der Waals surface area contributed by atoms with Gasteiger partial charge in [-0.1, -0.05) is 12.1 Å². The molecule has 2 aromatic rings. The fourth-order valence-corrected chi connectivity index (χ4v) is 2.05. The highest BCUT2D eigenvalue weighted by Gasteiger charge is 2.19. The third-order valence-corrected chi connectivity index (χ3v) is 3.20. The molecule has 7 nitrogen and oxygen atoms in total. The molecule has 25 heavy (non-hydrogen) atoms. The minimum Gasteiger partial charge on any atom is -0.493 e. The van der Waals surface area contributed by atoms with Gasteiger partial charge in [0.05, 0.1) is 19.9 Å². The molecule has 0 aliphatic heterocycles. The number of amides is 2. The lowest BCUT2D eigenvalue weighted by Gasteiger charge is -2.15. The van der Waals surface area contributed by atoms with Crippen LogP contribution in [0.4, 0.5) is 10.1 Å². The number of benzene rings is 2. The first kappa shape index (κ1) is 18.1. The van der Waals surface area contributed by atoms with Gasteiger partial charge in [-0.15, -0.1) is 0 Å². The lowest BCUT2D eigenvalue weighted by atomic mass is 10.1. The van der Waals surface area contributed by atoms with E-state index in [4.69, 9.17) is 19.9 Å². The third-order valence-electron chi connectivity index (χ3n) is 3.20. The Bertz CT molecular complexity index is 769. The van der Waals surface area contributed by atoms with Gasteiger partial charge in [-0.05, 0) is 24.3 Å². The van der Waals surface area contributed by atoms with Crippen LogP contribution in [0.1, 0.15) is 10.4 Å². The van der Waals surface area contributed by atoms with Crippen molar-refractivity contribution in [1.29, 1.82) is 0 Å². The molecule has 2 aromatic carbocycles. The van der Waals surface area contributed by atoms with E-state index in [0.29, 0.717) is 0 Å². The van der Waals surface area contributed by atoms with Crippen molar-refractivity contribution in [3.63, 3.8) is 0 Å². The largest absolute Gasteiger partial charge is 0.493 e. The summed E-state index contributed by atoms with van der Waals surface area (Å²) in [4.78, 5) is 23.3. The molecule has 2 rings (SSSR count). The summed E-state index contributed by atoms with van der Waals surface area (Å²) >= 11 is 0. The minimum absolute atomic E-state index is 0.0412. The fraction of sp³-hybridized carbons (Fsp3) is 0.176. The number of hydrogen-bond donors (Lipinski definition) is 2. The molecule has 0 bridgehead atoms. The quantitative estimate of drug-likeness (QED) is 0.797. The summed E-state index contributed by atoms with van der Waals surface area (Å²) in [6.45, 7) is -0.381. The molecule has 0 atom stereocenters.